The fourth-order valence-corrected chi connectivity index (χ4v) is 22.9. The normalized spacial score (nSPS) is 12.9. The van der Waals surface area contributed by atoms with Crippen molar-refractivity contribution in [2.24, 2.45) is 9.98 Å². The Morgan fingerprint density at radius 1 is 0.281 bits per heavy atom. The van der Waals surface area contributed by atoms with Gasteiger partial charge in [0.25, 0.3) is 0 Å². The van der Waals surface area contributed by atoms with Gasteiger partial charge in [0.2, 0.25) is 0 Å². The predicted molar refractivity (Wildman–Crippen MR) is 491 cm³/mol. The topological polar surface area (TPSA) is 89.7 Å². The SMILES string of the molecule is C=I1=C(c2ccccc2)N=C(c2cccc3oc4ccccc4c23)N=C1c1ccc(-c2c(C)cccc2-c2ccc3c4ccccc4c4ccc(-c5cccc6c5sc5cccc(-c7nc(-c8ccccc8)nc(-c8ccc9c(c8)oc8c(-c%10ccc%11c%12ccccc%12c%12ccccc%12c%11c%10)cccc89)n7)c56)cc4c3c2)c(C)c1. The molecule has 1 aliphatic rings. The first-order valence-electron chi connectivity index (χ1n) is 38.4. The average Bonchev–Trinajstić information content (AvgIpc) is 0.968. The number of para-hydroxylation sites is 2. The maximum absolute atomic E-state index is 7.03. The van der Waals surface area contributed by atoms with Crippen molar-refractivity contribution in [3.8, 4) is 78.7 Å². The van der Waals surface area contributed by atoms with Crippen LogP contribution in [0.4, 0.5) is 0 Å². The zero-order chi connectivity index (χ0) is 75.4. The Bertz CT molecular complexity index is 8070. The van der Waals surface area contributed by atoms with Crippen LogP contribution in [0.5, 0.6) is 0 Å². The number of benzene rings is 18. The van der Waals surface area contributed by atoms with E-state index in [9.17, 15) is 0 Å². The van der Waals surface area contributed by atoms with Gasteiger partial charge in [-0.15, -0.1) is 11.3 Å². The number of furan rings is 2. The number of aliphatic imine (C=N–C) groups is 2. The van der Waals surface area contributed by atoms with Crippen LogP contribution in [0.3, 0.4) is 0 Å². The molecule has 0 bridgehead atoms. The number of hydrogen-bond donors (Lipinski definition) is 0. The number of aromatic nitrogens is 3. The average molecular weight is 1590 g/mol. The first kappa shape index (κ1) is 66.0. The van der Waals surface area contributed by atoms with Gasteiger partial charge in [0.05, 0.1) is 0 Å². The van der Waals surface area contributed by atoms with Crippen molar-refractivity contribution in [3.63, 3.8) is 0 Å². The third-order valence-electron chi connectivity index (χ3n) is 23.2. The molecule has 0 aliphatic carbocycles. The van der Waals surface area contributed by atoms with Gasteiger partial charge in [0.15, 0.2) is 23.3 Å². The molecule has 0 amide bonds. The summed E-state index contributed by atoms with van der Waals surface area (Å²) in [4.78, 5) is 27.1. The number of rotatable bonds is 10. The molecule has 0 saturated carbocycles. The Morgan fingerprint density at radius 2 is 0.763 bits per heavy atom. The van der Waals surface area contributed by atoms with E-state index in [1.54, 1.807) is 0 Å². The van der Waals surface area contributed by atoms with E-state index in [0.717, 1.165) is 128 Å². The molecule has 4 aromatic heterocycles. The Labute approximate surface area is 665 Å². The molecule has 22 aromatic rings. The third-order valence-corrected chi connectivity index (χ3v) is 28.6. The summed E-state index contributed by atoms with van der Waals surface area (Å²) < 4.78 is 22.8. The molecule has 23 rings (SSSR count). The zero-order valence-electron chi connectivity index (χ0n) is 61.9. The summed E-state index contributed by atoms with van der Waals surface area (Å²) in [5, 5.41) is 21.1. The Hall–Kier alpha value is -13.8. The zero-order valence-corrected chi connectivity index (χ0v) is 64.9. The van der Waals surface area contributed by atoms with Gasteiger partial charge in [0.1, 0.15) is 29.7 Å². The first-order valence-corrected chi connectivity index (χ1v) is 42.9. The second kappa shape index (κ2) is 26.1. The first-order chi connectivity index (χ1) is 56.2. The van der Waals surface area contributed by atoms with Gasteiger partial charge < -0.3 is 8.83 Å². The van der Waals surface area contributed by atoms with E-state index in [0.29, 0.717) is 23.3 Å². The number of nitrogens with zero attached hydrogens (tertiary/aromatic N) is 5. The number of hydrogen-bond acceptors (Lipinski definition) is 8. The van der Waals surface area contributed by atoms with E-state index in [4.69, 9.17) is 38.3 Å². The molecule has 7 nitrogen and oxygen atoms in total. The van der Waals surface area contributed by atoms with Gasteiger partial charge >= 0.3 is 0 Å². The van der Waals surface area contributed by atoms with Crippen molar-refractivity contribution in [1.82, 2.24) is 15.0 Å². The molecule has 534 valence electrons. The van der Waals surface area contributed by atoms with E-state index in [-0.39, 0.29) is 0 Å². The molecule has 0 saturated heterocycles. The fraction of sp³-hybridized carbons (Fsp3) is 0.0190. The summed E-state index contributed by atoms with van der Waals surface area (Å²) in [5.74, 6) is 2.43. The quantitative estimate of drug-likeness (QED) is 0.101. The lowest BCUT2D eigenvalue weighted by Crippen LogP contribution is -2.13. The Kier molecular flexibility index (Phi) is 15.1. The molecular weight excluding hydrogens is 1520 g/mol. The van der Waals surface area contributed by atoms with Crippen LogP contribution in [-0.2, 0) is 0 Å². The summed E-state index contributed by atoms with van der Waals surface area (Å²) in [5.41, 5.74) is 20.5. The van der Waals surface area contributed by atoms with E-state index in [1.807, 2.05) is 53.8 Å². The highest BCUT2D eigenvalue weighted by Crippen LogP contribution is 2.49. The number of thiophene rings is 1. The highest BCUT2D eigenvalue weighted by Gasteiger charge is 2.26. The van der Waals surface area contributed by atoms with E-state index >= 15 is 0 Å². The van der Waals surface area contributed by atoms with Gasteiger partial charge in [0, 0.05) is 80.7 Å². The molecule has 0 spiro atoms. The molecule has 5 heterocycles. The van der Waals surface area contributed by atoms with E-state index in [2.05, 4.69) is 311 Å². The van der Waals surface area contributed by atoms with Crippen molar-refractivity contribution in [2.75, 3.05) is 0 Å². The van der Waals surface area contributed by atoms with E-state index in [1.165, 1.54) is 97.2 Å². The van der Waals surface area contributed by atoms with Gasteiger partial charge in [-0.25, -0.2) is 24.9 Å². The number of fused-ring (bicyclic) bond motifs is 21. The molecule has 0 atom stereocenters. The van der Waals surface area contributed by atoms with Crippen LogP contribution >= 0.6 is 30.2 Å². The van der Waals surface area contributed by atoms with Crippen molar-refractivity contribution >= 4 is 177 Å². The Balaban J connectivity index is 0.621. The molecular formula is C105H64IN5O2S. The maximum atomic E-state index is 7.03. The Morgan fingerprint density at radius 3 is 1.45 bits per heavy atom. The summed E-state index contributed by atoms with van der Waals surface area (Å²) in [7, 11) is 0. The number of aryl methyl sites for hydroxylation is 2. The highest BCUT2D eigenvalue weighted by molar-refractivity contribution is 14.2. The fourth-order valence-electron chi connectivity index (χ4n) is 17.9. The minimum atomic E-state index is -2.42. The predicted octanol–water partition coefficient (Wildman–Crippen LogP) is 28.6. The van der Waals surface area contributed by atoms with Crippen LogP contribution < -0.4 is 0 Å². The lowest BCUT2D eigenvalue weighted by atomic mass is 9.86. The highest BCUT2D eigenvalue weighted by atomic mass is 127. The van der Waals surface area contributed by atoms with Gasteiger partial charge in [-0.3, -0.25) is 0 Å². The smallest absolute Gasteiger partial charge is 0.164 e. The minimum absolute atomic E-state index is 0.561. The van der Waals surface area contributed by atoms with Gasteiger partial charge in [-0.05, 0) is 183 Å². The van der Waals surface area contributed by atoms with Crippen LogP contribution in [0.1, 0.15) is 27.8 Å². The lowest BCUT2D eigenvalue weighted by molar-refractivity contribution is 0.669. The summed E-state index contributed by atoms with van der Waals surface area (Å²) in [6.07, 6.45) is 0. The standard InChI is InChI=1S/C105H64IN5O2S/c1-60-23-18-35-70(95(60)69-50-48-67(55-61(69)2)101-106(3)100(62-24-6-4-7-25-62)107-104(108-101)86-40-21-43-92-96(86)84-34-16-17-42-91(84)112-92)64-45-51-80-76-31-12-13-32-77(76)81-53-47-66(58-90(81)89(80)56-64)72-37-20-39-85-97-87(41-22-44-94(97)114-99(72)85)105-110-102(63-26-8-5-9-27-63)109-103(111-105)68-49-54-82-83-38-19-36-71(98(83)113-93(82)59-68)65-46-52-79-75-30-11-10-28-73(75)74-29-14-15-33-78(74)88(79)57-65/h4-59H,3H2,1-2H3. The maximum Gasteiger partial charge on any atom is 0.164 e. The van der Waals surface area contributed by atoms with Crippen molar-refractivity contribution in [3.05, 3.63) is 368 Å². The molecule has 0 fully saturated rings. The molecule has 9 heteroatoms. The molecule has 114 heavy (non-hydrogen) atoms. The molecule has 0 unspecified atom stereocenters. The number of halogens is 1. The second-order valence-electron chi connectivity index (χ2n) is 29.7. The molecule has 0 radical (unpaired) electrons. The minimum Gasteiger partial charge on any atom is -0.456 e. The largest absolute Gasteiger partial charge is 0.456 e. The van der Waals surface area contributed by atoms with Gasteiger partial charge in [-0.1, -0.05) is 309 Å². The molecule has 0 N–H and O–H groups in total. The van der Waals surface area contributed by atoms with Crippen LogP contribution in [-0.4, -0.2) is 32.7 Å². The lowest BCUT2D eigenvalue weighted by Gasteiger charge is -2.19. The van der Waals surface area contributed by atoms with E-state index < -0.39 is 18.9 Å². The summed E-state index contributed by atoms with van der Waals surface area (Å²) in [6, 6.07) is 122. The van der Waals surface area contributed by atoms with Gasteiger partial charge in [-0.2, -0.15) is 0 Å². The third kappa shape index (κ3) is 10.5. The van der Waals surface area contributed by atoms with Crippen LogP contribution in [0.15, 0.2) is 359 Å². The second-order valence-corrected chi connectivity index (χ2v) is 34.9. The van der Waals surface area contributed by atoms with Crippen molar-refractivity contribution < 1.29 is 8.83 Å². The van der Waals surface area contributed by atoms with Crippen molar-refractivity contribution in [1.29, 1.82) is 0 Å². The molecule has 1 aliphatic heterocycles. The monoisotopic (exact) mass is 1590 g/mol. The van der Waals surface area contributed by atoms with Crippen LogP contribution in [0, 0.1) is 13.8 Å². The summed E-state index contributed by atoms with van der Waals surface area (Å²) in [6.45, 7) is 4.49. The summed E-state index contributed by atoms with van der Waals surface area (Å²) >= 11 is -0.607. The van der Waals surface area contributed by atoms with Crippen LogP contribution in [0.25, 0.3) is 207 Å². The number of amidine groups is 1. The molecule has 18 aromatic carbocycles. The van der Waals surface area contributed by atoms with Crippen molar-refractivity contribution in [2.45, 2.75) is 13.8 Å². The van der Waals surface area contributed by atoms with Crippen LogP contribution in [0.2, 0.25) is 0 Å².